The molecule has 37 heavy (non-hydrogen) atoms. The second-order valence-electron chi connectivity index (χ2n) is 8.79. The number of ether oxygens (including phenoxy) is 2. The lowest BCUT2D eigenvalue weighted by Crippen LogP contribution is -2.32. The number of benzene rings is 2. The second kappa shape index (κ2) is 12.8. The van der Waals surface area contributed by atoms with Gasteiger partial charge in [-0.3, -0.25) is 4.79 Å². The van der Waals surface area contributed by atoms with Gasteiger partial charge in [-0.25, -0.2) is 4.39 Å². The zero-order valence-electron chi connectivity index (χ0n) is 20.5. The number of nitrogens with zero attached hydrogens (tertiary/aromatic N) is 1. The zero-order valence-corrected chi connectivity index (χ0v) is 20.5. The van der Waals surface area contributed by atoms with Crippen LogP contribution in [0.3, 0.4) is 0 Å². The number of unbranched alkanes of at least 4 members (excludes halogenated alkanes) is 1. The number of carbonyl (C=O) groups is 1. The number of aliphatic hydroxyl groups is 1. The SMILES string of the molecule is CC(Cc1cc(C(N)=O)c2c(ccn2CCCCO)c1)NCCOc1ccc(F)cc1OCC(F)(F)F. The number of nitrogens with one attached hydrogen (secondary N) is 1. The van der Waals surface area contributed by atoms with Gasteiger partial charge in [0.2, 0.25) is 0 Å². The highest BCUT2D eigenvalue weighted by Gasteiger charge is 2.29. The minimum atomic E-state index is -4.56. The van der Waals surface area contributed by atoms with Gasteiger partial charge in [0.05, 0.1) is 11.1 Å². The lowest BCUT2D eigenvalue weighted by atomic mass is 10.0. The Hall–Kier alpha value is -3.31. The number of aliphatic hydroxyl groups excluding tert-OH is 1. The Morgan fingerprint density at radius 1 is 1.14 bits per heavy atom. The van der Waals surface area contributed by atoms with Crippen molar-refractivity contribution in [2.24, 2.45) is 5.73 Å². The molecule has 0 fully saturated rings. The standard InChI is InChI=1S/C26H31F4N3O4/c1-17(32-7-11-36-22-5-4-20(27)15-23(22)37-16-26(28,29)30)12-18-13-19-6-9-33(8-2-3-10-34)24(19)21(14-18)25(31)35/h4-6,9,13-15,17,32,34H,2-3,7-8,10-12,16H2,1H3,(H2,31,35). The molecule has 7 nitrogen and oxygen atoms in total. The summed E-state index contributed by atoms with van der Waals surface area (Å²) in [5, 5.41) is 13.2. The Kier molecular flexibility index (Phi) is 9.76. The lowest BCUT2D eigenvalue weighted by molar-refractivity contribution is -0.153. The van der Waals surface area contributed by atoms with Crippen molar-refractivity contribution >= 4 is 16.8 Å². The van der Waals surface area contributed by atoms with Crippen molar-refractivity contribution in [3.8, 4) is 11.5 Å². The number of primary amides is 1. The molecule has 0 saturated heterocycles. The lowest BCUT2D eigenvalue weighted by Gasteiger charge is -2.17. The van der Waals surface area contributed by atoms with E-state index in [4.69, 9.17) is 15.6 Å². The molecule has 0 saturated carbocycles. The number of carbonyl (C=O) groups excluding carboxylic acids is 1. The van der Waals surface area contributed by atoms with Gasteiger partial charge in [0.1, 0.15) is 12.4 Å². The van der Waals surface area contributed by atoms with Crippen LogP contribution in [0, 0.1) is 5.82 Å². The number of nitrogens with two attached hydrogens (primary N) is 1. The first-order valence-electron chi connectivity index (χ1n) is 11.9. The average molecular weight is 526 g/mol. The number of rotatable bonds is 14. The maximum atomic E-state index is 13.4. The zero-order chi connectivity index (χ0) is 27.0. The van der Waals surface area contributed by atoms with Crippen LogP contribution in [-0.4, -0.2) is 54.2 Å². The number of hydrogen-bond acceptors (Lipinski definition) is 5. The molecule has 1 aromatic heterocycles. The van der Waals surface area contributed by atoms with Crippen molar-refractivity contribution in [2.75, 3.05) is 26.4 Å². The van der Waals surface area contributed by atoms with Crippen LogP contribution >= 0.6 is 0 Å². The molecule has 4 N–H and O–H groups in total. The third-order valence-electron chi connectivity index (χ3n) is 5.68. The summed E-state index contributed by atoms with van der Waals surface area (Å²) < 4.78 is 63.0. The molecule has 0 bridgehead atoms. The molecule has 3 rings (SSSR count). The Balaban J connectivity index is 1.58. The Morgan fingerprint density at radius 2 is 1.92 bits per heavy atom. The normalized spacial score (nSPS) is 12.6. The predicted octanol–water partition coefficient (Wildman–Crippen LogP) is 4.19. The summed E-state index contributed by atoms with van der Waals surface area (Å²) in [7, 11) is 0. The van der Waals surface area contributed by atoms with Crippen LogP contribution in [0.2, 0.25) is 0 Å². The number of fused-ring (bicyclic) bond motifs is 1. The van der Waals surface area contributed by atoms with E-state index in [-0.39, 0.29) is 30.8 Å². The third kappa shape index (κ3) is 8.36. The molecular formula is C26H31F4N3O4. The highest BCUT2D eigenvalue weighted by Crippen LogP contribution is 2.30. The molecule has 1 atom stereocenters. The molecule has 0 spiro atoms. The summed E-state index contributed by atoms with van der Waals surface area (Å²) >= 11 is 0. The van der Waals surface area contributed by atoms with E-state index in [9.17, 15) is 22.4 Å². The molecule has 1 unspecified atom stereocenters. The summed E-state index contributed by atoms with van der Waals surface area (Å²) in [6.45, 7) is 1.65. The van der Waals surface area contributed by atoms with E-state index in [1.54, 1.807) is 6.07 Å². The monoisotopic (exact) mass is 525 g/mol. The van der Waals surface area contributed by atoms with Crippen LogP contribution in [0.15, 0.2) is 42.6 Å². The summed E-state index contributed by atoms with van der Waals surface area (Å²) in [6.07, 6.45) is -0.626. The van der Waals surface area contributed by atoms with Gasteiger partial charge in [0, 0.05) is 43.4 Å². The molecule has 11 heteroatoms. The van der Waals surface area contributed by atoms with Crippen molar-refractivity contribution in [3.05, 3.63) is 59.5 Å². The first kappa shape index (κ1) is 28.3. The van der Waals surface area contributed by atoms with E-state index in [1.807, 2.05) is 29.8 Å². The highest BCUT2D eigenvalue weighted by molar-refractivity contribution is 6.05. The van der Waals surface area contributed by atoms with E-state index in [0.717, 1.165) is 35.0 Å². The molecule has 1 amide bonds. The van der Waals surface area contributed by atoms with E-state index < -0.39 is 24.5 Å². The fourth-order valence-electron chi connectivity index (χ4n) is 4.06. The van der Waals surface area contributed by atoms with Gasteiger partial charge < -0.3 is 30.2 Å². The summed E-state index contributed by atoms with van der Waals surface area (Å²) in [4.78, 5) is 12.2. The molecule has 202 valence electrons. The van der Waals surface area contributed by atoms with Crippen LogP contribution in [0.5, 0.6) is 11.5 Å². The maximum Gasteiger partial charge on any atom is 0.422 e. The molecule has 0 aliphatic carbocycles. The highest BCUT2D eigenvalue weighted by atomic mass is 19.4. The van der Waals surface area contributed by atoms with Gasteiger partial charge >= 0.3 is 6.18 Å². The number of amides is 1. The molecule has 1 heterocycles. The number of aryl methyl sites for hydroxylation is 1. The summed E-state index contributed by atoms with van der Waals surface area (Å²) in [5.74, 6) is -1.56. The second-order valence-corrected chi connectivity index (χ2v) is 8.79. The Morgan fingerprint density at radius 3 is 2.62 bits per heavy atom. The van der Waals surface area contributed by atoms with E-state index in [1.165, 1.54) is 6.07 Å². The van der Waals surface area contributed by atoms with Crippen molar-refractivity contribution in [3.63, 3.8) is 0 Å². The molecule has 3 aromatic rings. The Labute approximate surface area is 212 Å². The molecule has 2 aromatic carbocycles. The fraction of sp³-hybridized carbons (Fsp3) is 0.423. The maximum absolute atomic E-state index is 13.4. The largest absolute Gasteiger partial charge is 0.488 e. The van der Waals surface area contributed by atoms with E-state index in [2.05, 4.69) is 10.1 Å². The van der Waals surface area contributed by atoms with Gasteiger partial charge in [0.25, 0.3) is 5.91 Å². The van der Waals surface area contributed by atoms with Crippen molar-refractivity contribution in [1.82, 2.24) is 9.88 Å². The van der Waals surface area contributed by atoms with Crippen LogP contribution in [0.4, 0.5) is 17.6 Å². The quantitative estimate of drug-likeness (QED) is 0.217. The van der Waals surface area contributed by atoms with Crippen molar-refractivity contribution < 1.29 is 36.9 Å². The van der Waals surface area contributed by atoms with Gasteiger partial charge in [0.15, 0.2) is 18.1 Å². The fourth-order valence-corrected chi connectivity index (χ4v) is 4.06. The van der Waals surface area contributed by atoms with Gasteiger partial charge in [-0.2, -0.15) is 13.2 Å². The Bertz CT molecular complexity index is 1200. The summed E-state index contributed by atoms with van der Waals surface area (Å²) in [6, 6.07) is 8.84. The number of hydrogen-bond donors (Lipinski definition) is 3. The first-order chi connectivity index (χ1) is 17.6. The van der Waals surface area contributed by atoms with Crippen LogP contribution in [0.25, 0.3) is 10.9 Å². The van der Waals surface area contributed by atoms with Gasteiger partial charge in [-0.15, -0.1) is 0 Å². The minimum Gasteiger partial charge on any atom is -0.488 e. The topological polar surface area (TPSA) is 98.7 Å². The third-order valence-corrected chi connectivity index (χ3v) is 5.68. The van der Waals surface area contributed by atoms with E-state index in [0.29, 0.717) is 31.5 Å². The molecule has 0 aliphatic heterocycles. The number of aromatic nitrogens is 1. The molecule has 0 radical (unpaired) electrons. The predicted molar refractivity (Wildman–Crippen MR) is 131 cm³/mol. The van der Waals surface area contributed by atoms with Crippen LogP contribution < -0.4 is 20.5 Å². The van der Waals surface area contributed by atoms with Crippen molar-refractivity contribution in [2.45, 2.75) is 44.9 Å². The average Bonchev–Trinajstić information content (AvgIpc) is 3.23. The summed E-state index contributed by atoms with van der Waals surface area (Å²) in [5.41, 5.74) is 7.78. The van der Waals surface area contributed by atoms with Crippen LogP contribution in [-0.2, 0) is 13.0 Å². The number of halogens is 4. The van der Waals surface area contributed by atoms with E-state index >= 15 is 0 Å². The minimum absolute atomic E-state index is 0.0140. The van der Waals surface area contributed by atoms with Gasteiger partial charge in [-0.05, 0) is 62.1 Å². The van der Waals surface area contributed by atoms with Crippen molar-refractivity contribution in [1.29, 1.82) is 0 Å². The van der Waals surface area contributed by atoms with Crippen LogP contribution in [0.1, 0.15) is 35.7 Å². The van der Waals surface area contributed by atoms with Gasteiger partial charge in [-0.1, -0.05) is 0 Å². The number of alkyl halides is 3. The first-order valence-corrected chi connectivity index (χ1v) is 11.9. The smallest absolute Gasteiger partial charge is 0.422 e. The molecular weight excluding hydrogens is 494 g/mol. The molecule has 0 aliphatic rings.